The Hall–Kier alpha value is -1.99. The number of benzene rings is 1. The van der Waals surface area contributed by atoms with Crippen LogP contribution in [-0.4, -0.2) is 42.0 Å². The highest BCUT2D eigenvalue weighted by Crippen LogP contribution is 2.23. The first-order valence-electron chi connectivity index (χ1n) is 8.66. The number of sulfonamides is 1. The van der Waals surface area contributed by atoms with Gasteiger partial charge in [0.05, 0.1) is 23.2 Å². The molecule has 1 aromatic carbocycles. The van der Waals surface area contributed by atoms with Gasteiger partial charge >= 0.3 is 0 Å². The fourth-order valence-electron chi connectivity index (χ4n) is 3.24. The summed E-state index contributed by atoms with van der Waals surface area (Å²) in [5, 5.41) is 3.77. The monoisotopic (exact) mass is 361 g/mol. The molecule has 1 aliphatic rings. The summed E-state index contributed by atoms with van der Waals surface area (Å²) in [5.41, 5.74) is 1.44. The molecule has 6 nitrogen and oxygen atoms in total. The van der Waals surface area contributed by atoms with E-state index in [-0.39, 0.29) is 11.7 Å². The topological polar surface area (TPSA) is 79.4 Å². The third-order valence-corrected chi connectivity index (χ3v) is 6.51. The standard InChI is InChI=1S/C18H23N3O3S/c1-2-11-25(23,24)21-10-6-5-9-17(21)18(22)20-15-12-14-7-3-4-8-16(14)19-13-15/h3-4,7-8,12-13,17H,2,5-6,9-11H2,1H3,(H,20,22)/t17-/m1/s1. The van der Waals surface area contributed by atoms with E-state index in [1.807, 2.05) is 37.3 Å². The SMILES string of the molecule is CCCS(=O)(=O)N1CCCC[C@@H]1C(=O)Nc1cnc2ccccc2c1. The number of carbonyl (C=O) groups excluding carboxylic acids is 1. The van der Waals surface area contributed by atoms with Crippen molar-refractivity contribution in [2.75, 3.05) is 17.6 Å². The largest absolute Gasteiger partial charge is 0.323 e. The van der Waals surface area contributed by atoms with Gasteiger partial charge in [-0.3, -0.25) is 9.78 Å². The van der Waals surface area contributed by atoms with Crippen LogP contribution in [0.2, 0.25) is 0 Å². The lowest BCUT2D eigenvalue weighted by Gasteiger charge is -2.33. The molecule has 1 aromatic heterocycles. The van der Waals surface area contributed by atoms with Gasteiger partial charge in [-0.2, -0.15) is 4.31 Å². The molecule has 0 unspecified atom stereocenters. The quantitative estimate of drug-likeness (QED) is 0.888. The number of aromatic nitrogens is 1. The molecule has 3 rings (SSSR count). The summed E-state index contributed by atoms with van der Waals surface area (Å²) in [6, 6.07) is 8.87. The maximum atomic E-state index is 12.7. The Balaban J connectivity index is 1.80. The molecule has 0 bridgehead atoms. The molecule has 1 aliphatic heterocycles. The van der Waals surface area contributed by atoms with E-state index >= 15 is 0 Å². The number of para-hydroxylation sites is 1. The Bertz CT molecular complexity index is 867. The Labute approximate surface area is 148 Å². The van der Waals surface area contributed by atoms with Crippen LogP contribution in [0.4, 0.5) is 5.69 Å². The molecule has 1 atom stereocenters. The Kier molecular flexibility index (Phi) is 5.34. The summed E-state index contributed by atoms with van der Waals surface area (Å²) in [6.07, 6.45) is 4.35. The van der Waals surface area contributed by atoms with Gasteiger partial charge in [0.2, 0.25) is 15.9 Å². The molecule has 1 fully saturated rings. The van der Waals surface area contributed by atoms with Gasteiger partial charge in [-0.1, -0.05) is 31.5 Å². The smallest absolute Gasteiger partial charge is 0.242 e. The van der Waals surface area contributed by atoms with Crippen LogP contribution < -0.4 is 5.32 Å². The summed E-state index contributed by atoms with van der Waals surface area (Å²) in [5.74, 6) is -0.203. The third kappa shape index (κ3) is 3.99. The molecule has 0 aliphatic carbocycles. The normalized spacial score (nSPS) is 19.0. The summed E-state index contributed by atoms with van der Waals surface area (Å²) in [6.45, 7) is 2.24. The number of carbonyl (C=O) groups is 1. The van der Waals surface area contributed by atoms with Crippen LogP contribution in [-0.2, 0) is 14.8 Å². The van der Waals surface area contributed by atoms with Gasteiger partial charge in [0, 0.05) is 11.9 Å². The van der Waals surface area contributed by atoms with Crippen molar-refractivity contribution in [3.63, 3.8) is 0 Å². The molecule has 2 heterocycles. The number of hydrogen-bond donors (Lipinski definition) is 1. The lowest BCUT2D eigenvalue weighted by atomic mass is 10.0. The van der Waals surface area contributed by atoms with Crippen molar-refractivity contribution >= 4 is 32.5 Å². The molecule has 25 heavy (non-hydrogen) atoms. The summed E-state index contributed by atoms with van der Waals surface area (Å²) in [7, 11) is -3.40. The van der Waals surface area contributed by atoms with E-state index in [1.54, 1.807) is 6.20 Å². The van der Waals surface area contributed by atoms with Crippen molar-refractivity contribution in [1.82, 2.24) is 9.29 Å². The van der Waals surface area contributed by atoms with Crippen LogP contribution in [0.5, 0.6) is 0 Å². The molecule has 0 spiro atoms. The number of nitrogens with zero attached hydrogens (tertiary/aromatic N) is 2. The molecule has 7 heteroatoms. The highest BCUT2D eigenvalue weighted by molar-refractivity contribution is 7.89. The van der Waals surface area contributed by atoms with Crippen molar-refractivity contribution in [2.24, 2.45) is 0 Å². The van der Waals surface area contributed by atoms with Crippen molar-refractivity contribution in [1.29, 1.82) is 0 Å². The zero-order valence-electron chi connectivity index (χ0n) is 14.3. The Morgan fingerprint density at radius 3 is 2.92 bits per heavy atom. The second-order valence-corrected chi connectivity index (χ2v) is 8.39. The van der Waals surface area contributed by atoms with E-state index in [0.717, 1.165) is 23.7 Å². The van der Waals surface area contributed by atoms with Crippen LogP contribution >= 0.6 is 0 Å². The van der Waals surface area contributed by atoms with E-state index in [1.165, 1.54) is 4.31 Å². The van der Waals surface area contributed by atoms with Crippen LogP contribution in [0.1, 0.15) is 32.6 Å². The van der Waals surface area contributed by atoms with Gasteiger partial charge < -0.3 is 5.32 Å². The Morgan fingerprint density at radius 1 is 1.32 bits per heavy atom. The van der Waals surface area contributed by atoms with Crippen LogP contribution in [0.3, 0.4) is 0 Å². The number of piperidine rings is 1. The molecule has 1 saturated heterocycles. The number of hydrogen-bond acceptors (Lipinski definition) is 4. The fraction of sp³-hybridized carbons (Fsp3) is 0.444. The molecule has 1 amide bonds. The fourth-order valence-corrected chi connectivity index (χ4v) is 4.99. The maximum absolute atomic E-state index is 12.7. The van der Waals surface area contributed by atoms with Gasteiger partial charge in [-0.05, 0) is 31.4 Å². The first kappa shape index (κ1) is 17.8. The summed E-state index contributed by atoms with van der Waals surface area (Å²) >= 11 is 0. The number of nitrogens with one attached hydrogen (secondary N) is 1. The predicted octanol–water partition coefficient (Wildman–Crippen LogP) is 2.77. The van der Waals surface area contributed by atoms with Crippen LogP contribution in [0.25, 0.3) is 10.9 Å². The zero-order chi connectivity index (χ0) is 17.9. The van der Waals surface area contributed by atoms with Crippen molar-refractivity contribution in [3.05, 3.63) is 36.5 Å². The van der Waals surface area contributed by atoms with Crippen LogP contribution in [0, 0.1) is 0 Å². The minimum absolute atomic E-state index is 0.0777. The van der Waals surface area contributed by atoms with E-state index in [2.05, 4.69) is 10.3 Å². The summed E-state index contributed by atoms with van der Waals surface area (Å²) < 4.78 is 26.3. The van der Waals surface area contributed by atoms with Crippen molar-refractivity contribution in [2.45, 2.75) is 38.6 Å². The van der Waals surface area contributed by atoms with E-state index in [4.69, 9.17) is 0 Å². The van der Waals surface area contributed by atoms with Gasteiger partial charge in [-0.15, -0.1) is 0 Å². The zero-order valence-corrected chi connectivity index (χ0v) is 15.1. The number of fused-ring (bicyclic) bond motifs is 1. The van der Waals surface area contributed by atoms with Crippen molar-refractivity contribution in [3.8, 4) is 0 Å². The average molecular weight is 361 g/mol. The molecule has 0 saturated carbocycles. The molecular formula is C18H23N3O3S. The second-order valence-electron chi connectivity index (χ2n) is 6.34. The first-order chi connectivity index (χ1) is 12.0. The molecule has 1 N–H and O–H groups in total. The number of anilines is 1. The number of pyridine rings is 1. The van der Waals surface area contributed by atoms with Gasteiger partial charge in [0.1, 0.15) is 6.04 Å². The number of rotatable bonds is 5. The minimum atomic E-state index is -3.40. The Morgan fingerprint density at radius 2 is 2.12 bits per heavy atom. The molecular weight excluding hydrogens is 338 g/mol. The van der Waals surface area contributed by atoms with E-state index < -0.39 is 16.1 Å². The van der Waals surface area contributed by atoms with E-state index in [9.17, 15) is 13.2 Å². The lowest BCUT2D eigenvalue weighted by molar-refractivity contribution is -0.120. The predicted molar refractivity (Wildman–Crippen MR) is 98.8 cm³/mol. The van der Waals surface area contributed by atoms with E-state index in [0.29, 0.717) is 25.1 Å². The number of amides is 1. The maximum Gasteiger partial charge on any atom is 0.242 e. The van der Waals surface area contributed by atoms with Gasteiger partial charge in [0.25, 0.3) is 0 Å². The third-order valence-electron chi connectivity index (χ3n) is 4.43. The minimum Gasteiger partial charge on any atom is -0.323 e. The average Bonchev–Trinajstić information content (AvgIpc) is 2.61. The van der Waals surface area contributed by atoms with Crippen LogP contribution in [0.15, 0.2) is 36.5 Å². The van der Waals surface area contributed by atoms with Crippen molar-refractivity contribution < 1.29 is 13.2 Å². The molecule has 134 valence electrons. The lowest BCUT2D eigenvalue weighted by Crippen LogP contribution is -2.50. The highest BCUT2D eigenvalue weighted by Gasteiger charge is 2.36. The highest BCUT2D eigenvalue weighted by atomic mass is 32.2. The first-order valence-corrected chi connectivity index (χ1v) is 10.3. The summed E-state index contributed by atoms with van der Waals surface area (Å²) in [4.78, 5) is 17.0. The van der Waals surface area contributed by atoms with Gasteiger partial charge in [0.15, 0.2) is 0 Å². The molecule has 0 radical (unpaired) electrons. The molecule has 2 aromatic rings. The van der Waals surface area contributed by atoms with Gasteiger partial charge in [-0.25, -0.2) is 8.42 Å². The second kappa shape index (κ2) is 7.49.